The van der Waals surface area contributed by atoms with Gasteiger partial charge < -0.3 is 10.1 Å². The molecule has 0 spiro atoms. The molecule has 1 rings (SSSR count). The number of benzene rings is 1. The number of rotatable bonds is 5. The van der Waals surface area contributed by atoms with Gasteiger partial charge in [-0.3, -0.25) is 0 Å². The molecule has 1 atom stereocenters. The summed E-state index contributed by atoms with van der Waals surface area (Å²) in [5.74, 6) is 1.54. The zero-order valence-electron chi connectivity index (χ0n) is 11.7. The molecule has 2 heteroatoms. The lowest BCUT2D eigenvalue weighted by molar-refractivity contribution is 0.252. The first-order chi connectivity index (χ1) is 7.95. The Morgan fingerprint density at radius 3 is 2.47 bits per heavy atom. The molecule has 0 heterocycles. The molecule has 0 saturated heterocycles. The molecule has 96 valence electrons. The van der Waals surface area contributed by atoms with Gasteiger partial charge in [0.15, 0.2) is 0 Å². The van der Waals surface area contributed by atoms with Crippen molar-refractivity contribution in [3.8, 4) is 5.75 Å². The summed E-state index contributed by atoms with van der Waals surface area (Å²) in [6.07, 6.45) is 0. The first-order valence-corrected chi connectivity index (χ1v) is 6.32. The van der Waals surface area contributed by atoms with E-state index in [0.29, 0.717) is 5.92 Å². The van der Waals surface area contributed by atoms with E-state index in [9.17, 15) is 0 Å². The van der Waals surface area contributed by atoms with Gasteiger partial charge in [-0.1, -0.05) is 45.9 Å². The summed E-state index contributed by atoms with van der Waals surface area (Å²) in [6, 6.07) is 8.32. The van der Waals surface area contributed by atoms with Crippen molar-refractivity contribution in [3.63, 3.8) is 0 Å². The molecule has 0 fully saturated rings. The van der Waals surface area contributed by atoms with Crippen LogP contribution in [0.5, 0.6) is 5.75 Å². The molecule has 1 unspecified atom stereocenters. The van der Waals surface area contributed by atoms with Gasteiger partial charge in [0.25, 0.3) is 0 Å². The summed E-state index contributed by atoms with van der Waals surface area (Å²) < 4.78 is 5.94. The van der Waals surface area contributed by atoms with Crippen LogP contribution < -0.4 is 10.1 Å². The molecule has 0 aliphatic carbocycles. The van der Waals surface area contributed by atoms with Gasteiger partial charge >= 0.3 is 0 Å². The molecule has 0 radical (unpaired) electrons. The van der Waals surface area contributed by atoms with E-state index in [1.807, 2.05) is 13.1 Å². The molecule has 1 N–H and O–H groups in total. The highest BCUT2D eigenvalue weighted by atomic mass is 16.5. The second-order valence-electron chi connectivity index (χ2n) is 5.72. The number of ether oxygens (including phenoxy) is 1. The quantitative estimate of drug-likeness (QED) is 0.846. The second-order valence-corrected chi connectivity index (χ2v) is 5.72. The summed E-state index contributed by atoms with van der Waals surface area (Å²) in [5.41, 5.74) is 1.40. The summed E-state index contributed by atoms with van der Waals surface area (Å²) in [4.78, 5) is 0. The van der Waals surface area contributed by atoms with E-state index in [0.717, 1.165) is 18.9 Å². The topological polar surface area (TPSA) is 21.3 Å². The standard InChI is InChI=1S/C15H25NO/c1-12(10-16-5)11-17-14-9-7-6-8-13(14)15(2,3)4/h6-9,12,16H,10-11H2,1-5H3. The Bertz CT molecular complexity index is 341. The zero-order chi connectivity index (χ0) is 12.9. The van der Waals surface area contributed by atoms with Crippen molar-refractivity contribution in [2.45, 2.75) is 33.1 Å². The predicted octanol–water partition coefficient (Wildman–Crippen LogP) is 3.22. The maximum atomic E-state index is 5.94. The van der Waals surface area contributed by atoms with Crippen LogP contribution in [-0.2, 0) is 5.41 Å². The van der Waals surface area contributed by atoms with Crippen LogP contribution in [0, 0.1) is 5.92 Å². The number of nitrogens with one attached hydrogen (secondary N) is 1. The van der Waals surface area contributed by atoms with Gasteiger partial charge in [-0.25, -0.2) is 0 Å². The molecule has 0 aliphatic rings. The Morgan fingerprint density at radius 1 is 1.24 bits per heavy atom. The molecular formula is C15H25NO. The van der Waals surface area contributed by atoms with Crippen molar-refractivity contribution in [2.24, 2.45) is 5.92 Å². The highest BCUT2D eigenvalue weighted by molar-refractivity contribution is 5.38. The molecule has 1 aromatic rings. The molecule has 17 heavy (non-hydrogen) atoms. The lowest BCUT2D eigenvalue weighted by Gasteiger charge is -2.23. The zero-order valence-corrected chi connectivity index (χ0v) is 11.7. The van der Waals surface area contributed by atoms with Crippen molar-refractivity contribution in [1.82, 2.24) is 5.32 Å². The van der Waals surface area contributed by atoms with E-state index in [2.05, 4.69) is 51.2 Å². The van der Waals surface area contributed by atoms with Crippen LogP contribution in [0.25, 0.3) is 0 Å². The molecule has 0 aromatic heterocycles. The van der Waals surface area contributed by atoms with Gasteiger partial charge in [-0.2, -0.15) is 0 Å². The van der Waals surface area contributed by atoms with Crippen LogP contribution >= 0.6 is 0 Å². The average Bonchev–Trinajstić information content (AvgIpc) is 2.26. The minimum atomic E-state index is 0.128. The number of para-hydroxylation sites is 1. The first-order valence-electron chi connectivity index (χ1n) is 6.32. The van der Waals surface area contributed by atoms with Gasteiger partial charge in [0.2, 0.25) is 0 Å². The SMILES string of the molecule is CNCC(C)COc1ccccc1C(C)(C)C. The van der Waals surface area contributed by atoms with Gasteiger partial charge in [-0.05, 0) is 24.1 Å². The van der Waals surface area contributed by atoms with E-state index < -0.39 is 0 Å². The Kier molecular flexibility index (Phi) is 5.01. The van der Waals surface area contributed by atoms with Crippen molar-refractivity contribution < 1.29 is 4.74 Å². The van der Waals surface area contributed by atoms with Crippen LogP contribution in [0.15, 0.2) is 24.3 Å². The maximum absolute atomic E-state index is 5.94. The summed E-state index contributed by atoms with van der Waals surface area (Å²) in [7, 11) is 1.97. The fourth-order valence-corrected chi connectivity index (χ4v) is 1.85. The Balaban J connectivity index is 2.71. The van der Waals surface area contributed by atoms with Crippen LogP contribution in [0.1, 0.15) is 33.3 Å². The van der Waals surface area contributed by atoms with E-state index in [-0.39, 0.29) is 5.41 Å². The molecule has 1 aromatic carbocycles. The highest BCUT2D eigenvalue weighted by Crippen LogP contribution is 2.31. The molecule has 0 aliphatic heterocycles. The fraction of sp³-hybridized carbons (Fsp3) is 0.600. The van der Waals surface area contributed by atoms with Crippen LogP contribution in [0.2, 0.25) is 0 Å². The predicted molar refractivity (Wildman–Crippen MR) is 73.7 cm³/mol. The van der Waals surface area contributed by atoms with E-state index >= 15 is 0 Å². The van der Waals surface area contributed by atoms with Crippen LogP contribution in [-0.4, -0.2) is 20.2 Å². The maximum Gasteiger partial charge on any atom is 0.123 e. The van der Waals surface area contributed by atoms with E-state index in [1.54, 1.807) is 0 Å². The van der Waals surface area contributed by atoms with Gasteiger partial charge in [-0.15, -0.1) is 0 Å². The normalized spacial score (nSPS) is 13.5. The third kappa shape index (κ3) is 4.39. The molecule has 0 saturated carbocycles. The van der Waals surface area contributed by atoms with Crippen molar-refractivity contribution >= 4 is 0 Å². The Labute approximate surface area is 105 Å². The van der Waals surface area contributed by atoms with Gasteiger partial charge in [0, 0.05) is 12.5 Å². The van der Waals surface area contributed by atoms with Crippen LogP contribution in [0.4, 0.5) is 0 Å². The first kappa shape index (κ1) is 14.0. The molecular weight excluding hydrogens is 210 g/mol. The third-order valence-electron chi connectivity index (χ3n) is 2.77. The number of hydrogen-bond acceptors (Lipinski definition) is 2. The Hall–Kier alpha value is -1.02. The summed E-state index contributed by atoms with van der Waals surface area (Å²) in [6.45, 7) is 10.6. The molecule has 2 nitrogen and oxygen atoms in total. The largest absolute Gasteiger partial charge is 0.493 e. The summed E-state index contributed by atoms with van der Waals surface area (Å²) >= 11 is 0. The van der Waals surface area contributed by atoms with Crippen molar-refractivity contribution in [2.75, 3.05) is 20.2 Å². The van der Waals surface area contributed by atoms with E-state index in [4.69, 9.17) is 4.74 Å². The smallest absolute Gasteiger partial charge is 0.123 e. The van der Waals surface area contributed by atoms with Gasteiger partial charge in [0.05, 0.1) is 6.61 Å². The van der Waals surface area contributed by atoms with Gasteiger partial charge in [0.1, 0.15) is 5.75 Å². The minimum Gasteiger partial charge on any atom is -0.493 e. The van der Waals surface area contributed by atoms with Crippen molar-refractivity contribution in [3.05, 3.63) is 29.8 Å². The monoisotopic (exact) mass is 235 g/mol. The lowest BCUT2D eigenvalue weighted by atomic mass is 9.86. The Morgan fingerprint density at radius 2 is 1.88 bits per heavy atom. The van der Waals surface area contributed by atoms with Crippen LogP contribution in [0.3, 0.4) is 0 Å². The summed E-state index contributed by atoms with van der Waals surface area (Å²) in [5, 5.41) is 3.17. The number of hydrogen-bond donors (Lipinski definition) is 1. The molecule has 0 amide bonds. The average molecular weight is 235 g/mol. The highest BCUT2D eigenvalue weighted by Gasteiger charge is 2.18. The third-order valence-corrected chi connectivity index (χ3v) is 2.77. The second kappa shape index (κ2) is 6.06. The van der Waals surface area contributed by atoms with E-state index in [1.165, 1.54) is 5.56 Å². The minimum absolute atomic E-state index is 0.128. The fourth-order valence-electron chi connectivity index (χ4n) is 1.85. The lowest BCUT2D eigenvalue weighted by Crippen LogP contribution is -2.22. The van der Waals surface area contributed by atoms with Crippen molar-refractivity contribution in [1.29, 1.82) is 0 Å². The molecule has 0 bridgehead atoms.